The Bertz CT molecular complexity index is 1050. The maximum Gasteiger partial charge on any atom is 0.240 e. The van der Waals surface area contributed by atoms with Crippen LogP contribution >= 0.6 is 11.8 Å². The minimum absolute atomic E-state index is 0.257. The van der Waals surface area contributed by atoms with E-state index in [1.165, 1.54) is 22.3 Å². The number of hydrogen-bond acceptors (Lipinski definition) is 7. The van der Waals surface area contributed by atoms with Crippen molar-refractivity contribution in [3.63, 3.8) is 0 Å². The van der Waals surface area contributed by atoms with E-state index in [4.69, 9.17) is 9.47 Å². The SMILES string of the molecule is C/C(=N\Nc1nc(SCc2c(C)cc(C)cc2C)n[nH]1)c1ccc2c(c1)OCO2. The van der Waals surface area contributed by atoms with Gasteiger partial charge >= 0.3 is 0 Å². The lowest BCUT2D eigenvalue weighted by molar-refractivity contribution is 0.174. The number of hydrazone groups is 1. The van der Waals surface area contributed by atoms with Gasteiger partial charge in [0.1, 0.15) is 0 Å². The number of nitrogens with zero attached hydrogens (tertiary/aromatic N) is 3. The summed E-state index contributed by atoms with van der Waals surface area (Å²) in [4.78, 5) is 4.46. The fourth-order valence-corrected chi connectivity index (χ4v) is 4.25. The highest BCUT2D eigenvalue weighted by Crippen LogP contribution is 2.32. The van der Waals surface area contributed by atoms with Crippen molar-refractivity contribution >= 4 is 23.4 Å². The molecule has 0 bridgehead atoms. The molecule has 1 aliphatic rings. The van der Waals surface area contributed by atoms with Crippen LogP contribution in [-0.4, -0.2) is 27.7 Å². The van der Waals surface area contributed by atoms with Crippen molar-refractivity contribution in [2.45, 2.75) is 38.6 Å². The maximum absolute atomic E-state index is 5.41. The molecule has 0 spiro atoms. The third kappa shape index (κ3) is 4.37. The largest absolute Gasteiger partial charge is 0.454 e. The molecule has 1 aliphatic heterocycles. The van der Waals surface area contributed by atoms with Crippen molar-refractivity contribution in [1.29, 1.82) is 0 Å². The lowest BCUT2D eigenvalue weighted by Gasteiger charge is -2.09. The average Bonchev–Trinajstić information content (AvgIpc) is 3.33. The molecule has 1 aromatic heterocycles. The number of aromatic nitrogens is 3. The van der Waals surface area contributed by atoms with E-state index in [2.05, 4.69) is 58.6 Å². The minimum Gasteiger partial charge on any atom is -0.454 e. The zero-order chi connectivity index (χ0) is 20.4. The van der Waals surface area contributed by atoms with Gasteiger partial charge in [-0.1, -0.05) is 29.5 Å². The summed E-state index contributed by atoms with van der Waals surface area (Å²) < 4.78 is 10.8. The van der Waals surface area contributed by atoms with Crippen LogP contribution in [0.5, 0.6) is 11.5 Å². The minimum atomic E-state index is 0.257. The average molecular weight is 410 g/mol. The van der Waals surface area contributed by atoms with Gasteiger partial charge in [-0.2, -0.15) is 10.1 Å². The Kier molecular flexibility index (Phi) is 5.44. The van der Waals surface area contributed by atoms with Crippen LogP contribution in [-0.2, 0) is 5.75 Å². The summed E-state index contributed by atoms with van der Waals surface area (Å²) in [5.74, 6) is 2.82. The van der Waals surface area contributed by atoms with Gasteiger partial charge in [0.2, 0.25) is 17.9 Å². The number of rotatable bonds is 6. The van der Waals surface area contributed by atoms with Crippen molar-refractivity contribution in [1.82, 2.24) is 15.2 Å². The second kappa shape index (κ2) is 8.16. The Balaban J connectivity index is 1.39. The number of aromatic amines is 1. The zero-order valence-electron chi connectivity index (χ0n) is 16.9. The van der Waals surface area contributed by atoms with Gasteiger partial charge in [-0.3, -0.25) is 0 Å². The van der Waals surface area contributed by atoms with Crippen molar-refractivity contribution in [3.8, 4) is 11.5 Å². The van der Waals surface area contributed by atoms with Crippen LogP contribution in [0, 0.1) is 20.8 Å². The first-order valence-electron chi connectivity index (χ1n) is 9.32. The predicted molar refractivity (Wildman–Crippen MR) is 115 cm³/mol. The van der Waals surface area contributed by atoms with Crippen LogP contribution < -0.4 is 14.9 Å². The smallest absolute Gasteiger partial charge is 0.240 e. The number of aryl methyl sites for hydroxylation is 3. The van der Waals surface area contributed by atoms with Crippen LogP contribution in [0.25, 0.3) is 0 Å². The number of benzene rings is 2. The van der Waals surface area contributed by atoms with E-state index in [-0.39, 0.29) is 6.79 Å². The highest BCUT2D eigenvalue weighted by Gasteiger charge is 2.14. The van der Waals surface area contributed by atoms with Gasteiger partial charge in [-0.25, -0.2) is 10.5 Å². The Morgan fingerprint density at radius 2 is 1.90 bits per heavy atom. The number of fused-ring (bicyclic) bond motifs is 1. The highest BCUT2D eigenvalue weighted by atomic mass is 32.2. The van der Waals surface area contributed by atoms with E-state index >= 15 is 0 Å². The molecule has 0 saturated carbocycles. The summed E-state index contributed by atoms with van der Waals surface area (Å²) in [5, 5.41) is 12.2. The molecule has 8 heteroatoms. The molecule has 2 N–H and O–H groups in total. The maximum atomic E-state index is 5.41. The van der Waals surface area contributed by atoms with Crippen molar-refractivity contribution in [2.24, 2.45) is 5.10 Å². The molecule has 4 rings (SSSR count). The molecule has 0 fully saturated rings. The van der Waals surface area contributed by atoms with E-state index in [1.807, 2.05) is 25.1 Å². The number of ether oxygens (including phenoxy) is 2. The molecule has 29 heavy (non-hydrogen) atoms. The topological polar surface area (TPSA) is 84.4 Å². The number of nitrogens with one attached hydrogen (secondary N) is 2. The summed E-state index contributed by atoms with van der Waals surface area (Å²) in [6.07, 6.45) is 0. The van der Waals surface area contributed by atoms with E-state index < -0.39 is 0 Å². The van der Waals surface area contributed by atoms with Crippen LogP contribution in [0.15, 0.2) is 40.6 Å². The van der Waals surface area contributed by atoms with E-state index in [9.17, 15) is 0 Å². The lowest BCUT2D eigenvalue weighted by atomic mass is 10.0. The molecule has 0 radical (unpaired) electrons. The van der Waals surface area contributed by atoms with Crippen LogP contribution in [0.2, 0.25) is 0 Å². The van der Waals surface area contributed by atoms with Crippen molar-refractivity contribution in [2.75, 3.05) is 12.2 Å². The summed E-state index contributed by atoms with van der Waals surface area (Å²) >= 11 is 1.60. The third-order valence-electron chi connectivity index (χ3n) is 4.77. The first-order chi connectivity index (χ1) is 14.0. The molecule has 3 aromatic rings. The second-order valence-corrected chi connectivity index (χ2v) is 7.95. The molecule has 7 nitrogen and oxygen atoms in total. The number of anilines is 1. The normalized spacial score (nSPS) is 13.0. The molecule has 2 aromatic carbocycles. The van der Waals surface area contributed by atoms with Gasteiger partial charge in [-0.05, 0) is 62.6 Å². The van der Waals surface area contributed by atoms with Crippen LogP contribution in [0.4, 0.5) is 5.95 Å². The van der Waals surface area contributed by atoms with E-state index in [0.29, 0.717) is 11.1 Å². The Morgan fingerprint density at radius 1 is 1.14 bits per heavy atom. The molecular formula is C21H23N5O2S. The lowest BCUT2D eigenvalue weighted by Crippen LogP contribution is -2.00. The molecule has 0 atom stereocenters. The van der Waals surface area contributed by atoms with Crippen molar-refractivity contribution in [3.05, 3.63) is 58.1 Å². The van der Waals surface area contributed by atoms with Gasteiger partial charge in [0, 0.05) is 11.3 Å². The molecule has 150 valence electrons. The fourth-order valence-electron chi connectivity index (χ4n) is 3.26. The van der Waals surface area contributed by atoms with Gasteiger partial charge in [0.25, 0.3) is 0 Å². The first kappa shape index (κ1) is 19.3. The quantitative estimate of drug-likeness (QED) is 0.352. The van der Waals surface area contributed by atoms with Crippen LogP contribution in [0.1, 0.15) is 34.7 Å². The predicted octanol–water partition coefficient (Wildman–Crippen LogP) is 4.59. The number of H-pyrrole nitrogens is 1. The standard InChI is InChI=1S/C21H23N5O2S/c1-12-7-13(2)17(14(3)8-12)10-29-21-22-20(25-26-21)24-23-15(4)16-5-6-18-19(9-16)28-11-27-18/h5-9H,10-11H2,1-4H3,(H2,22,24,25,26)/b23-15+. The summed E-state index contributed by atoms with van der Waals surface area (Å²) in [6, 6.07) is 10.2. The fraction of sp³-hybridized carbons (Fsp3) is 0.286. The first-order valence-corrected chi connectivity index (χ1v) is 10.3. The molecular weight excluding hydrogens is 386 g/mol. The molecule has 0 amide bonds. The van der Waals surface area contributed by atoms with E-state index in [0.717, 1.165) is 28.5 Å². The monoisotopic (exact) mass is 409 g/mol. The Morgan fingerprint density at radius 3 is 2.69 bits per heavy atom. The molecule has 2 heterocycles. The Hall–Kier alpha value is -3.00. The van der Waals surface area contributed by atoms with Gasteiger partial charge in [-0.15, -0.1) is 5.10 Å². The molecule has 0 aliphatic carbocycles. The van der Waals surface area contributed by atoms with Gasteiger partial charge < -0.3 is 9.47 Å². The van der Waals surface area contributed by atoms with Crippen molar-refractivity contribution < 1.29 is 9.47 Å². The molecule has 0 unspecified atom stereocenters. The summed E-state index contributed by atoms with van der Waals surface area (Å²) in [5.41, 5.74) is 9.90. The van der Waals surface area contributed by atoms with Crippen LogP contribution in [0.3, 0.4) is 0 Å². The Labute approximate surface area is 173 Å². The third-order valence-corrected chi connectivity index (χ3v) is 5.64. The van der Waals surface area contributed by atoms with Gasteiger partial charge in [0.15, 0.2) is 11.5 Å². The highest BCUT2D eigenvalue weighted by molar-refractivity contribution is 7.98. The summed E-state index contributed by atoms with van der Waals surface area (Å²) in [6.45, 7) is 8.59. The second-order valence-electron chi connectivity index (χ2n) is 7.01. The summed E-state index contributed by atoms with van der Waals surface area (Å²) in [7, 11) is 0. The van der Waals surface area contributed by atoms with E-state index in [1.54, 1.807) is 11.8 Å². The number of thioether (sulfide) groups is 1. The van der Waals surface area contributed by atoms with Gasteiger partial charge in [0.05, 0.1) is 5.71 Å². The number of hydrogen-bond donors (Lipinski definition) is 2. The zero-order valence-corrected chi connectivity index (χ0v) is 17.7. The molecule has 0 saturated heterocycles.